The van der Waals surface area contributed by atoms with Crippen molar-refractivity contribution in [3.63, 3.8) is 0 Å². The molecule has 0 atom stereocenters. The van der Waals surface area contributed by atoms with Crippen LogP contribution in [0.15, 0.2) is 54.7 Å². The number of hydrogen-bond donors (Lipinski definition) is 2. The Morgan fingerprint density at radius 2 is 1.53 bits per heavy atom. The van der Waals surface area contributed by atoms with Crippen molar-refractivity contribution in [2.24, 2.45) is 0 Å². The molecule has 1 heterocycles. The second-order valence-electron chi connectivity index (χ2n) is 2.83. The average Bonchev–Trinajstić information content (AvgIpc) is 2.29. The third-order valence-corrected chi connectivity index (χ3v) is 1.77. The molecule has 0 saturated carbocycles. The highest BCUT2D eigenvalue weighted by Crippen LogP contribution is 2.06. The number of rotatable bonds is 3. The molecule has 0 spiro atoms. The van der Waals surface area contributed by atoms with Crippen LogP contribution < -0.4 is 10.9 Å². The molecule has 0 aliphatic rings. The van der Waals surface area contributed by atoms with E-state index in [0.717, 1.165) is 11.5 Å². The molecule has 15 heavy (non-hydrogen) atoms. The fourth-order valence-electron chi connectivity index (χ4n) is 1.09. The van der Waals surface area contributed by atoms with E-state index in [4.69, 9.17) is 0 Å². The van der Waals surface area contributed by atoms with Gasteiger partial charge in [0.1, 0.15) is 5.82 Å². The summed E-state index contributed by atoms with van der Waals surface area (Å²) in [5, 5.41) is 0. The van der Waals surface area contributed by atoms with E-state index < -0.39 is 0 Å². The van der Waals surface area contributed by atoms with Crippen molar-refractivity contribution in [3.8, 4) is 0 Å². The number of nitrogens with one attached hydrogen (secondary N) is 2. The van der Waals surface area contributed by atoms with Crippen LogP contribution in [-0.4, -0.2) is 4.98 Å². The average molecular weight is 222 g/mol. The Labute approximate surface area is 94.9 Å². The van der Waals surface area contributed by atoms with Crippen LogP contribution in [0.4, 0.5) is 11.5 Å². The first-order chi connectivity index (χ1) is 6.95. The minimum Gasteiger partial charge on any atom is -0.300 e. The lowest BCUT2D eigenvalue weighted by Crippen LogP contribution is -2.09. The summed E-state index contributed by atoms with van der Waals surface area (Å²) in [4.78, 5) is 4.12. The standard InChI is InChI=1S/C11H11N3.ClH/c1-2-6-10(7-3-1)13-14-11-8-4-5-9-12-11;/h1-9,13H,(H,12,14);1H. The van der Waals surface area contributed by atoms with Crippen molar-refractivity contribution in [1.29, 1.82) is 0 Å². The minimum absolute atomic E-state index is 0. The Hall–Kier alpha value is -1.74. The van der Waals surface area contributed by atoms with Crippen molar-refractivity contribution >= 4 is 23.9 Å². The topological polar surface area (TPSA) is 37.0 Å². The van der Waals surface area contributed by atoms with Gasteiger partial charge in [0.05, 0.1) is 5.69 Å². The summed E-state index contributed by atoms with van der Waals surface area (Å²) >= 11 is 0. The lowest BCUT2D eigenvalue weighted by Gasteiger charge is -2.07. The third kappa shape index (κ3) is 3.48. The highest BCUT2D eigenvalue weighted by Gasteiger charge is 1.89. The van der Waals surface area contributed by atoms with E-state index >= 15 is 0 Å². The second kappa shape index (κ2) is 5.88. The maximum Gasteiger partial charge on any atom is 0.144 e. The molecule has 1 aromatic heterocycles. The molecule has 0 aliphatic heterocycles. The van der Waals surface area contributed by atoms with Crippen molar-refractivity contribution in [2.45, 2.75) is 0 Å². The summed E-state index contributed by atoms with van der Waals surface area (Å²) in [6.45, 7) is 0. The summed E-state index contributed by atoms with van der Waals surface area (Å²) in [5.74, 6) is 0.802. The number of para-hydroxylation sites is 1. The molecule has 2 aromatic rings. The number of pyridine rings is 1. The normalized spacial score (nSPS) is 8.80. The smallest absolute Gasteiger partial charge is 0.144 e. The highest BCUT2D eigenvalue weighted by atomic mass is 35.5. The Bertz CT molecular complexity index is 338. The van der Waals surface area contributed by atoms with Gasteiger partial charge in [0.25, 0.3) is 0 Å². The molecule has 0 amide bonds. The summed E-state index contributed by atoms with van der Waals surface area (Å²) in [6.07, 6.45) is 1.75. The summed E-state index contributed by atoms with van der Waals surface area (Å²) in [7, 11) is 0. The van der Waals surface area contributed by atoms with Gasteiger partial charge in [-0.15, -0.1) is 12.4 Å². The quantitative estimate of drug-likeness (QED) is 0.783. The largest absolute Gasteiger partial charge is 0.300 e. The fourth-order valence-corrected chi connectivity index (χ4v) is 1.09. The Kier molecular flexibility index (Phi) is 4.44. The van der Waals surface area contributed by atoms with Gasteiger partial charge in [0.15, 0.2) is 0 Å². The molecule has 2 N–H and O–H groups in total. The van der Waals surface area contributed by atoms with Gasteiger partial charge in [0, 0.05) is 6.20 Å². The van der Waals surface area contributed by atoms with Crippen LogP contribution in [0.5, 0.6) is 0 Å². The number of anilines is 2. The van der Waals surface area contributed by atoms with Crippen LogP contribution in [-0.2, 0) is 0 Å². The lowest BCUT2D eigenvalue weighted by molar-refractivity contribution is 1.27. The van der Waals surface area contributed by atoms with Crippen LogP contribution in [0.1, 0.15) is 0 Å². The second-order valence-corrected chi connectivity index (χ2v) is 2.83. The number of aromatic nitrogens is 1. The molecule has 0 radical (unpaired) electrons. The Balaban J connectivity index is 0.00000112. The minimum atomic E-state index is 0. The van der Waals surface area contributed by atoms with E-state index in [1.165, 1.54) is 0 Å². The number of benzene rings is 1. The van der Waals surface area contributed by atoms with E-state index in [1.54, 1.807) is 6.20 Å². The van der Waals surface area contributed by atoms with Crippen LogP contribution >= 0.6 is 12.4 Å². The van der Waals surface area contributed by atoms with E-state index in [-0.39, 0.29) is 12.4 Å². The molecule has 0 fully saturated rings. The van der Waals surface area contributed by atoms with Crippen molar-refractivity contribution in [2.75, 3.05) is 10.9 Å². The molecular formula is C11H12ClN3. The zero-order valence-corrected chi connectivity index (χ0v) is 8.87. The van der Waals surface area contributed by atoms with Crippen molar-refractivity contribution in [1.82, 2.24) is 4.98 Å². The molecule has 0 bridgehead atoms. The van der Waals surface area contributed by atoms with Crippen LogP contribution in [0.2, 0.25) is 0 Å². The predicted molar refractivity (Wildman–Crippen MR) is 65.2 cm³/mol. The monoisotopic (exact) mass is 221 g/mol. The molecule has 1 aromatic carbocycles. The lowest BCUT2D eigenvalue weighted by atomic mass is 10.3. The fraction of sp³-hybridized carbons (Fsp3) is 0. The first kappa shape index (κ1) is 11.3. The first-order valence-electron chi connectivity index (χ1n) is 4.43. The van der Waals surface area contributed by atoms with E-state index in [0.29, 0.717) is 0 Å². The molecule has 0 aliphatic carbocycles. The van der Waals surface area contributed by atoms with E-state index in [2.05, 4.69) is 15.8 Å². The van der Waals surface area contributed by atoms with Crippen molar-refractivity contribution in [3.05, 3.63) is 54.7 Å². The van der Waals surface area contributed by atoms with E-state index in [9.17, 15) is 0 Å². The van der Waals surface area contributed by atoms with Gasteiger partial charge in [-0.3, -0.25) is 10.9 Å². The third-order valence-electron chi connectivity index (χ3n) is 1.77. The van der Waals surface area contributed by atoms with Gasteiger partial charge in [0.2, 0.25) is 0 Å². The number of nitrogens with zero attached hydrogens (tertiary/aromatic N) is 1. The predicted octanol–water partition coefficient (Wildman–Crippen LogP) is 2.94. The summed E-state index contributed by atoms with van der Waals surface area (Å²) in [5.41, 5.74) is 7.06. The summed E-state index contributed by atoms with van der Waals surface area (Å²) < 4.78 is 0. The molecule has 2 rings (SSSR count). The molecule has 0 saturated heterocycles. The number of hydrogen-bond acceptors (Lipinski definition) is 3. The maximum atomic E-state index is 4.12. The Morgan fingerprint density at radius 3 is 2.20 bits per heavy atom. The SMILES string of the molecule is Cl.c1ccc(NNc2ccccn2)cc1. The number of hydrazine groups is 1. The zero-order chi connectivity index (χ0) is 9.64. The Morgan fingerprint density at radius 1 is 0.800 bits per heavy atom. The van der Waals surface area contributed by atoms with E-state index in [1.807, 2.05) is 48.5 Å². The zero-order valence-electron chi connectivity index (χ0n) is 8.05. The van der Waals surface area contributed by atoms with Gasteiger partial charge >= 0.3 is 0 Å². The van der Waals surface area contributed by atoms with Gasteiger partial charge < -0.3 is 0 Å². The first-order valence-corrected chi connectivity index (χ1v) is 4.43. The molecule has 0 unspecified atom stereocenters. The van der Waals surface area contributed by atoms with Crippen molar-refractivity contribution < 1.29 is 0 Å². The number of halogens is 1. The highest BCUT2D eigenvalue weighted by molar-refractivity contribution is 5.85. The van der Waals surface area contributed by atoms with Gasteiger partial charge in [-0.25, -0.2) is 4.98 Å². The van der Waals surface area contributed by atoms with Gasteiger partial charge in [-0.05, 0) is 24.3 Å². The summed E-state index contributed by atoms with van der Waals surface area (Å²) in [6, 6.07) is 15.6. The van der Waals surface area contributed by atoms with Gasteiger partial charge in [-0.1, -0.05) is 24.3 Å². The molecular weight excluding hydrogens is 210 g/mol. The van der Waals surface area contributed by atoms with Crippen LogP contribution in [0.25, 0.3) is 0 Å². The van der Waals surface area contributed by atoms with Gasteiger partial charge in [-0.2, -0.15) is 0 Å². The molecule has 78 valence electrons. The van der Waals surface area contributed by atoms with Crippen LogP contribution in [0.3, 0.4) is 0 Å². The maximum absolute atomic E-state index is 4.12. The molecule has 3 nitrogen and oxygen atoms in total. The molecule has 4 heteroatoms. The van der Waals surface area contributed by atoms with Crippen LogP contribution in [0, 0.1) is 0 Å².